The first kappa shape index (κ1) is 8.27. The van der Waals surface area contributed by atoms with Crippen LogP contribution in [0.15, 0.2) is 0 Å². The van der Waals surface area contributed by atoms with Gasteiger partial charge < -0.3 is 0 Å². The van der Waals surface area contributed by atoms with Gasteiger partial charge in [0, 0.05) is 0 Å². The zero-order valence-electron chi connectivity index (χ0n) is 2.37. The first-order valence-electron chi connectivity index (χ1n) is 0.859. The van der Waals surface area contributed by atoms with Crippen LogP contribution in [0, 0.1) is 8.83 Å². The molecule has 40 valence electrons. The quantitative estimate of drug-likeness (QED) is 0.601. The van der Waals surface area contributed by atoms with Crippen LogP contribution in [-0.4, -0.2) is 11.7 Å². The monoisotopic (exact) mass is 297 g/mol. The third kappa shape index (κ3) is 33.8. The molecule has 0 fully saturated rings. The van der Waals surface area contributed by atoms with Gasteiger partial charge >= 0.3 is 55.8 Å². The molecule has 0 spiro atoms. The molecule has 0 aliphatic heterocycles. The summed E-state index contributed by atoms with van der Waals surface area (Å²) in [6, 6.07) is 0. The number of hydrogen-bond acceptors (Lipinski definition) is 0. The molecule has 6 heteroatoms. The fourth-order valence-electron chi connectivity index (χ4n) is 0. The Kier molecular flexibility index (Phi) is 2.61. The molecule has 0 N–H and O–H groups in total. The number of hydrogen-bond donors (Lipinski definition) is 0. The molecule has 0 aliphatic rings. The van der Waals surface area contributed by atoms with E-state index in [1.54, 1.807) is 0 Å². The van der Waals surface area contributed by atoms with Crippen molar-refractivity contribution in [1.29, 1.82) is 0 Å². The van der Waals surface area contributed by atoms with E-state index in [-0.39, 0.29) is 0 Å². The van der Waals surface area contributed by atoms with Crippen LogP contribution in [0.3, 0.4) is 0 Å². The van der Waals surface area contributed by atoms with Gasteiger partial charge in [0.2, 0.25) is 0 Å². The molecule has 0 aromatic carbocycles. The zero-order valence-corrected chi connectivity index (χ0v) is 8.76. The van der Waals surface area contributed by atoms with Crippen molar-refractivity contribution in [2.24, 2.45) is 0 Å². The Balaban J connectivity index is 3.73. The summed E-state index contributed by atoms with van der Waals surface area (Å²) in [5, 5.41) is 0. The first-order chi connectivity index (χ1) is 2.24. The van der Waals surface area contributed by atoms with Gasteiger partial charge in [-0.2, -0.15) is 0 Å². The summed E-state index contributed by atoms with van der Waals surface area (Å²) >= 11 is -4.22. The fourth-order valence-corrected chi connectivity index (χ4v) is 0. The van der Waals surface area contributed by atoms with Crippen LogP contribution >= 0.6 is 35.3 Å². The Morgan fingerprint density at radius 2 is 1.00 bits per heavy atom. The Labute approximate surface area is 55.1 Å². The average molecular weight is 300 g/mol. The van der Waals surface area contributed by atoms with Gasteiger partial charge in [0.25, 0.3) is 0 Å². The third-order valence-electron chi connectivity index (χ3n) is 0. The summed E-state index contributed by atoms with van der Waals surface area (Å²) in [7, 11) is 24.7. The molecule has 0 aromatic heterocycles. The topological polar surface area (TPSA) is 0 Å². The van der Waals surface area contributed by atoms with Crippen LogP contribution < -0.4 is 0 Å². The van der Waals surface area contributed by atoms with Crippen molar-refractivity contribution in [3.63, 3.8) is 0 Å². The molecule has 0 amide bonds. The van der Waals surface area contributed by atoms with Gasteiger partial charge in [-0.3, -0.25) is 0 Å². The minimum absolute atomic E-state index is 4.22. The maximum absolute atomic E-state index is 5.10. The normalized spacial score (nSPS) is 19.2. The van der Waals surface area contributed by atoms with Crippen LogP contribution in [0.5, 0.6) is 0 Å². The van der Waals surface area contributed by atoms with Crippen LogP contribution in [0.4, 0.5) is 0 Å². The summed E-state index contributed by atoms with van der Waals surface area (Å²) in [5.74, 6) is 0. The van der Waals surface area contributed by atoms with Gasteiger partial charge in [0.05, 0.1) is 0 Å². The van der Waals surface area contributed by atoms with Crippen LogP contribution in [0.2, 0.25) is 0 Å². The molecule has 0 heterocycles. The van der Waals surface area contributed by atoms with Crippen LogP contribution in [-0.2, 0) is 0 Å². The van der Waals surface area contributed by atoms with Gasteiger partial charge in [-0.05, 0) is 0 Å². The van der Waals surface area contributed by atoms with E-state index in [0.29, 0.717) is 0 Å². The Morgan fingerprint density at radius 1 is 1.00 bits per heavy atom. The van der Waals surface area contributed by atoms with Crippen molar-refractivity contribution in [3.05, 3.63) is 0 Å². The maximum atomic E-state index is 5.10. The van der Waals surface area contributed by atoms with E-state index in [1.165, 1.54) is 0 Å². The van der Waals surface area contributed by atoms with Crippen LogP contribution in [0.25, 0.3) is 0 Å². The summed E-state index contributed by atoms with van der Waals surface area (Å²) in [5.41, 5.74) is 0. The predicted molar refractivity (Wildman–Crippen MR) is 30.6 cm³/mol. The molecule has 0 radical (unpaired) electrons. The summed E-state index contributed by atoms with van der Waals surface area (Å²) in [4.78, 5) is 0. The molecule has 0 aromatic rings. The first-order valence-corrected chi connectivity index (χ1v) is 17.3. The van der Waals surface area contributed by atoms with E-state index < -0.39 is 11.7 Å². The Morgan fingerprint density at radius 3 is 1.00 bits per heavy atom. The van der Waals surface area contributed by atoms with Crippen molar-refractivity contribution >= 4 is 47.0 Å². The van der Waals surface area contributed by atoms with Gasteiger partial charge in [-0.15, -0.1) is 0 Å². The van der Waals surface area contributed by atoms with Crippen molar-refractivity contribution in [2.75, 3.05) is 0 Å². The molecular weight excluding hydrogens is 299 g/mol. The van der Waals surface area contributed by atoms with E-state index in [2.05, 4.69) is 8.83 Å². The van der Waals surface area contributed by atoms with E-state index in [0.717, 1.165) is 0 Å². The van der Waals surface area contributed by atoms with E-state index in [1.807, 2.05) is 0 Å². The molecule has 0 nitrogen and oxygen atoms in total. The number of halogens is 5. The molecular formula is HCl5Sb+. The van der Waals surface area contributed by atoms with E-state index >= 15 is 0 Å². The molecule has 0 rings (SSSR count). The number of rotatable bonds is 0. The summed E-state index contributed by atoms with van der Waals surface area (Å²) < 4.78 is 0. The van der Waals surface area contributed by atoms with Crippen LogP contribution in [0.1, 0.15) is 0 Å². The Hall–Kier alpha value is 2.27. The minimum atomic E-state index is -4.22. The van der Waals surface area contributed by atoms with Gasteiger partial charge in [0.1, 0.15) is 0 Å². The SMILES string of the molecule is [Cl][Sb]([Cl])([Cl])([Cl])[ClH+]. The standard InChI is InChI=1S/5ClH.Sb/h5*1H;/q;;;;;+5/p-4. The third-order valence-corrected chi connectivity index (χ3v) is 0. The summed E-state index contributed by atoms with van der Waals surface area (Å²) in [6.45, 7) is 0. The van der Waals surface area contributed by atoms with Crippen molar-refractivity contribution in [3.8, 4) is 0 Å². The van der Waals surface area contributed by atoms with Crippen molar-refractivity contribution < 1.29 is 8.83 Å². The fraction of sp³-hybridized carbons (Fsp3) is 0. The van der Waals surface area contributed by atoms with Gasteiger partial charge in [0.15, 0.2) is 0 Å². The van der Waals surface area contributed by atoms with Gasteiger partial charge in [-0.1, -0.05) is 0 Å². The molecule has 0 aliphatic carbocycles. The van der Waals surface area contributed by atoms with Gasteiger partial charge in [-0.25, -0.2) is 0 Å². The molecule has 6 heavy (non-hydrogen) atoms. The molecule has 0 unspecified atom stereocenters. The van der Waals surface area contributed by atoms with Crippen molar-refractivity contribution in [1.82, 2.24) is 0 Å². The second-order valence-corrected chi connectivity index (χ2v) is 39.8. The van der Waals surface area contributed by atoms with E-state index in [9.17, 15) is 0 Å². The molecule has 0 saturated carbocycles. The average Bonchev–Trinajstić information content (AvgIpc) is 0.650. The molecule has 0 atom stereocenters. The zero-order chi connectivity index (χ0) is 5.45. The van der Waals surface area contributed by atoms with Crippen molar-refractivity contribution in [2.45, 2.75) is 0 Å². The molecule has 0 bridgehead atoms. The van der Waals surface area contributed by atoms with E-state index in [4.69, 9.17) is 35.3 Å². The summed E-state index contributed by atoms with van der Waals surface area (Å²) in [6.07, 6.45) is 0. The Bertz CT molecular complexity index is 37.1. The molecule has 0 saturated heterocycles. The second kappa shape index (κ2) is 1.90. The second-order valence-electron chi connectivity index (χ2n) is 0.659. The predicted octanol–water partition coefficient (Wildman–Crippen LogP) is 2.11.